The molecule has 6 fully saturated rings. The number of carbonyl (C=O) groups is 1. The Morgan fingerprint density at radius 2 is 0.921 bits per heavy atom. The summed E-state index contributed by atoms with van der Waals surface area (Å²) in [6, 6.07) is 20.7. The minimum atomic E-state index is -2.45. The fraction of sp³-hybridized carbons (Fsp3) is 0.831. The van der Waals surface area contributed by atoms with Gasteiger partial charge in [0, 0.05) is 147 Å². The normalized spacial score (nSPS) is 29.6. The highest BCUT2D eigenvalue weighted by molar-refractivity contribution is 5.79. The third-order valence-corrected chi connectivity index (χ3v) is 21.3. The summed E-state index contributed by atoms with van der Waals surface area (Å²) in [5, 5.41) is 10.7. The number of rotatable bonds is 0. The second-order valence-electron chi connectivity index (χ2n) is 34.4. The Labute approximate surface area is 545 Å². The smallest absolute Gasteiger partial charge is 0.249 e. The largest absolute Gasteiger partial charge is 0.389 e. The molecule has 7 heterocycles. The number of hydrogen-bond acceptors (Lipinski definition) is 10. The van der Waals surface area contributed by atoms with Crippen molar-refractivity contribution in [2.75, 3.05) is 45.9 Å². The Kier molecular flexibility index (Phi) is 27.3. The van der Waals surface area contributed by atoms with Crippen LogP contribution in [0.2, 0.25) is 0 Å². The molecule has 89 heavy (non-hydrogen) atoms. The summed E-state index contributed by atoms with van der Waals surface area (Å²) >= 11 is 0. The summed E-state index contributed by atoms with van der Waals surface area (Å²) in [5.74, 6) is -1.78. The second kappa shape index (κ2) is 31.4. The van der Waals surface area contributed by atoms with E-state index in [1.807, 2.05) is 6.92 Å². The van der Waals surface area contributed by atoms with E-state index in [0.717, 1.165) is 90.8 Å². The average Bonchev–Trinajstić information content (AvgIpc) is 1.92. The van der Waals surface area contributed by atoms with Gasteiger partial charge in [0.1, 0.15) is 5.78 Å². The van der Waals surface area contributed by atoms with Crippen LogP contribution >= 0.6 is 0 Å². The van der Waals surface area contributed by atoms with Crippen LogP contribution in [0.15, 0.2) is 48.5 Å². The van der Waals surface area contributed by atoms with Gasteiger partial charge in [-0.15, -0.1) is 0 Å². The number of alkyl halides is 2. The molecular formula is C77H136F2N6O4. The Morgan fingerprint density at radius 1 is 0.449 bits per heavy atom. The van der Waals surface area contributed by atoms with E-state index in [-0.39, 0.29) is 63.5 Å². The summed E-state index contributed by atoms with van der Waals surface area (Å²) in [7, 11) is 0. The van der Waals surface area contributed by atoms with Gasteiger partial charge in [0.2, 0.25) is 5.92 Å². The van der Waals surface area contributed by atoms with Crippen LogP contribution in [0.4, 0.5) is 8.78 Å². The van der Waals surface area contributed by atoms with E-state index in [1.54, 1.807) is 0 Å². The molecule has 8 unspecified atom stereocenters. The lowest BCUT2D eigenvalue weighted by atomic mass is 9.67. The third-order valence-electron chi connectivity index (χ3n) is 21.3. The Hall–Kier alpha value is -2.39. The number of fused-ring (bicyclic) bond motifs is 3. The lowest BCUT2D eigenvalue weighted by Crippen LogP contribution is -2.62. The SMILES string of the molecule is CC1C2CCCCC2(O)CCN1C(C)(C)C.CC1CC(=O)CCCN1C(C)(C)C.CC1CCC(F)(F)CCN1C(C)(C)C.CC1CCC2(CCN1C(C)(C)C)OCCO2.CC1Cc2ccccc2CN1C(C)(C)C.CC1c2ccccc2CCN1C(C)(C)C. The van der Waals surface area contributed by atoms with Crippen LogP contribution in [-0.2, 0) is 33.7 Å². The molecule has 2 aromatic rings. The standard InChI is InChI=1S/C14H27NO.2C14H21N.C13H25NO2.C11H21F2N.C11H21NO/c1-11-12-7-5-6-8-14(12,16)9-10-15(11)13(2,3)4;1-11-9-12-7-5-6-8-13(12)10-15(11)14(2,3)4;1-11-13-8-6-5-7-12(13)9-10-15(11)14(2,3)4;1-11-5-6-13(15-9-10-16-13)7-8-14(11)12(2,3)4;1-9-5-6-11(12,13)7-8-14(9)10(2,3)4;1-9-8-10(13)6-5-7-12(9)11(2,3)4/h11-12,16H,5-10H2,1-4H3;2*5-8,11H,9-10H2,1-4H3;11H,5-10H2,1-4H3;9H,5-8H2,1-4H3;9H,5-8H2,1-4H3. The predicted molar refractivity (Wildman–Crippen MR) is 371 cm³/mol. The second-order valence-corrected chi connectivity index (χ2v) is 34.4. The summed E-state index contributed by atoms with van der Waals surface area (Å²) in [6.45, 7) is 61.5. The summed E-state index contributed by atoms with van der Waals surface area (Å²) in [5.41, 5.74) is 6.95. The van der Waals surface area contributed by atoms with E-state index in [1.165, 1.54) is 60.9 Å². The number of benzene rings is 2. The quantitative estimate of drug-likeness (QED) is 0.276. The van der Waals surface area contributed by atoms with Crippen molar-refractivity contribution < 1.29 is 28.2 Å². The van der Waals surface area contributed by atoms with Gasteiger partial charge in [-0.3, -0.25) is 34.2 Å². The van der Waals surface area contributed by atoms with Crippen LogP contribution in [0.25, 0.3) is 0 Å². The Bertz CT molecular complexity index is 2440. The molecular weight excluding hydrogens is 1110 g/mol. The van der Waals surface area contributed by atoms with E-state index in [9.17, 15) is 18.7 Å². The summed E-state index contributed by atoms with van der Waals surface area (Å²) in [4.78, 5) is 26.3. The number of nitrogens with zero attached hydrogens (tertiary/aromatic N) is 6. The van der Waals surface area contributed by atoms with Crippen molar-refractivity contribution in [1.29, 1.82) is 0 Å². The van der Waals surface area contributed by atoms with Crippen LogP contribution in [0.1, 0.15) is 284 Å². The fourth-order valence-electron chi connectivity index (χ4n) is 16.6. The maximum Gasteiger partial charge on any atom is 0.249 e. The minimum absolute atomic E-state index is 0.000162. The molecule has 12 heteroatoms. The van der Waals surface area contributed by atoms with Crippen molar-refractivity contribution in [3.8, 4) is 0 Å². The zero-order chi connectivity index (χ0) is 66.9. The first-order valence-electron chi connectivity index (χ1n) is 35.5. The van der Waals surface area contributed by atoms with Crippen LogP contribution in [0.3, 0.4) is 0 Å². The first-order chi connectivity index (χ1) is 40.9. The number of carbonyl (C=O) groups excluding carboxylic acids is 1. The molecule has 1 N–H and O–H groups in total. The van der Waals surface area contributed by atoms with Crippen molar-refractivity contribution in [2.45, 2.75) is 362 Å². The number of Topliss-reactive ketones (excluding diaryl/α,β-unsaturated/α-hetero) is 1. The number of hydrogen-bond donors (Lipinski definition) is 1. The molecule has 0 aromatic heterocycles. The molecule has 5 saturated heterocycles. The molecule has 1 aliphatic carbocycles. The molecule has 8 aliphatic rings. The van der Waals surface area contributed by atoms with Crippen molar-refractivity contribution in [2.24, 2.45) is 5.92 Å². The van der Waals surface area contributed by atoms with Gasteiger partial charge in [0.25, 0.3) is 0 Å². The number of ketones is 1. The molecule has 10 rings (SSSR count). The van der Waals surface area contributed by atoms with Gasteiger partial charge in [0.15, 0.2) is 5.79 Å². The molecule has 7 aliphatic heterocycles. The van der Waals surface area contributed by atoms with Crippen LogP contribution in [-0.4, -0.2) is 167 Å². The zero-order valence-corrected chi connectivity index (χ0v) is 61.7. The topological polar surface area (TPSA) is 75.2 Å². The van der Waals surface area contributed by atoms with E-state index < -0.39 is 5.92 Å². The predicted octanol–water partition coefficient (Wildman–Crippen LogP) is 17.4. The van der Waals surface area contributed by atoms with Gasteiger partial charge < -0.3 is 14.6 Å². The van der Waals surface area contributed by atoms with Gasteiger partial charge >= 0.3 is 0 Å². The molecule has 0 radical (unpaired) electrons. The molecule has 1 saturated carbocycles. The number of piperidine rings is 1. The van der Waals surface area contributed by atoms with E-state index in [2.05, 4.69) is 237 Å². The Balaban J connectivity index is 0.000000195. The lowest BCUT2D eigenvalue weighted by Gasteiger charge is -2.55. The van der Waals surface area contributed by atoms with Crippen LogP contribution in [0.5, 0.6) is 0 Å². The average molecular weight is 1250 g/mol. The van der Waals surface area contributed by atoms with Crippen molar-refractivity contribution >= 4 is 5.78 Å². The number of halogens is 2. The minimum Gasteiger partial charge on any atom is -0.389 e. The molecule has 8 atom stereocenters. The molecule has 0 amide bonds. The van der Waals surface area contributed by atoms with Gasteiger partial charge in [-0.05, 0) is 246 Å². The van der Waals surface area contributed by atoms with Gasteiger partial charge in [-0.25, -0.2) is 8.78 Å². The Morgan fingerprint density at radius 3 is 1.47 bits per heavy atom. The number of likely N-dealkylation sites (tertiary alicyclic amines) is 4. The molecule has 512 valence electrons. The van der Waals surface area contributed by atoms with Crippen LogP contribution < -0.4 is 0 Å². The monoisotopic (exact) mass is 1250 g/mol. The highest BCUT2D eigenvalue weighted by Crippen LogP contribution is 2.45. The van der Waals surface area contributed by atoms with Crippen molar-refractivity contribution in [3.63, 3.8) is 0 Å². The lowest BCUT2D eigenvalue weighted by molar-refractivity contribution is -0.164. The maximum absolute atomic E-state index is 13.2. The van der Waals surface area contributed by atoms with Crippen molar-refractivity contribution in [1.82, 2.24) is 29.4 Å². The summed E-state index contributed by atoms with van der Waals surface area (Å²) in [6.07, 6.45) is 14.5. The fourth-order valence-corrected chi connectivity index (χ4v) is 16.6. The molecule has 1 spiro atoms. The van der Waals surface area contributed by atoms with Crippen LogP contribution in [0, 0.1) is 5.92 Å². The van der Waals surface area contributed by atoms with E-state index in [0.29, 0.717) is 54.9 Å². The first-order valence-corrected chi connectivity index (χ1v) is 35.5. The first kappa shape index (κ1) is 77.3. The van der Waals surface area contributed by atoms with E-state index >= 15 is 0 Å². The maximum atomic E-state index is 13.2. The highest BCUT2D eigenvalue weighted by Gasteiger charge is 2.49. The summed E-state index contributed by atoms with van der Waals surface area (Å²) < 4.78 is 38.0. The zero-order valence-electron chi connectivity index (χ0n) is 61.7. The van der Waals surface area contributed by atoms with Gasteiger partial charge in [-0.2, -0.15) is 0 Å². The van der Waals surface area contributed by atoms with Gasteiger partial charge in [0.05, 0.1) is 18.8 Å². The molecule has 0 bridgehead atoms. The number of aliphatic hydroxyl groups is 1. The van der Waals surface area contributed by atoms with Gasteiger partial charge in [-0.1, -0.05) is 61.4 Å². The number of ether oxygens (including phenoxy) is 2. The third kappa shape index (κ3) is 22.4. The molecule has 10 nitrogen and oxygen atoms in total. The van der Waals surface area contributed by atoms with Crippen molar-refractivity contribution in [3.05, 3.63) is 70.8 Å². The molecule has 2 aromatic carbocycles. The van der Waals surface area contributed by atoms with E-state index in [4.69, 9.17) is 9.47 Å². The highest BCUT2D eigenvalue weighted by atomic mass is 19.3.